The molecule has 2 aromatic carbocycles. The Hall–Kier alpha value is -2.22. The lowest BCUT2D eigenvalue weighted by Gasteiger charge is -2.33. The summed E-state index contributed by atoms with van der Waals surface area (Å²) in [6, 6.07) is 15.8. The van der Waals surface area contributed by atoms with E-state index in [1.807, 2.05) is 56.3 Å². The van der Waals surface area contributed by atoms with Crippen molar-refractivity contribution in [2.45, 2.75) is 45.2 Å². The number of halogens is 1. The van der Waals surface area contributed by atoms with Gasteiger partial charge in [0.2, 0.25) is 11.8 Å². The highest BCUT2D eigenvalue weighted by Gasteiger charge is 2.45. The lowest BCUT2D eigenvalue weighted by molar-refractivity contribution is -0.141. The van der Waals surface area contributed by atoms with Gasteiger partial charge in [0.15, 0.2) is 0 Å². The Balaban J connectivity index is 1.94. The molecular formula is C22H23IN2O3. The lowest BCUT2D eigenvalue weighted by Crippen LogP contribution is -2.46. The third kappa shape index (κ3) is 4.11. The van der Waals surface area contributed by atoms with E-state index in [-0.39, 0.29) is 30.2 Å². The minimum absolute atomic E-state index is 0.0114. The van der Waals surface area contributed by atoms with Gasteiger partial charge >= 0.3 is 0 Å². The predicted octanol–water partition coefficient (Wildman–Crippen LogP) is 4.31. The largest absolute Gasteiger partial charge is 0.323 e. The number of imide groups is 1. The van der Waals surface area contributed by atoms with Crippen molar-refractivity contribution in [3.8, 4) is 0 Å². The van der Waals surface area contributed by atoms with Gasteiger partial charge in [0.25, 0.3) is 5.91 Å². The van der Waals surface area contributed by atoms with Crippen LogP contribution in [-0.2, 0) is 14.4 Å². The first-order chi connectivity index (χ1) is 13.4. The maximum atomic E-state index is 13.2. The minimum atomic E-state index is -0.777. The zero-order valence-electron chi connectivity index (χ0n) is 16.0. The van der Waals surface area contributed by atoms with Crippen LogP contribution in [0.3, 0.4) is 0 Å². The summed E-state index contributed by atoms with van der Waals surface area (Å²) >= 11 is 2.18. The van der Waals surface area contributed by atoms with Crippen molar-refractivity contribution in [3.05, 3.63) is 63.7 Å². The van der Waals surface area contributed by atoms with Crippen LogP contribution in [-0.4, -0.2) is 28.7 Å². The summed E-state index contributed by atoms with van der Waals surface area (Å²) in [6.45, 7) is 3.84. The van der Waals surface area contributed by atoms with E-state index in [2.05, 4.69) is 22.6 Å². The van der Waals surface area contributed by atoms with Crippen LogP contribution in [0.2, 0.25) is 0 Å². The maximum absolute atomic E-state index is 13.2. The highest BCUT2D eigenvalue weighted by molar-refractivity contribution is 14.1. The number of carbonyl (C=O) groups is 3. The van der Waals surface area contributed by atoms with Gasteiger partial charge in [-0.05, 0) is 65.8 Å². The molecule has 1 heterocycles. The monoisotopic (exact) mass is 490 g/mol. The number of anilines is 1. The normalized spacial score (nSPS) is 17.7. The summed E-state index contributed by atoms with van der Waals surface area (Å²) in [5, 5.41) is 0. The second kappa shape index (κ2) is 8.86. The van der Waals surface area contributed by atoms with Gasteiger partial charge in [0.1, 0.15) is 6.04 Å². The van der Waals surface area contributed by atoms with E-state index in [4.69, 9.17) is 0 Å². The van der Waals surface area contributed by atoms with Gasteiger partial charge in [-0.15, -0.1) is 0 Å². The SMILES string of the molecule is CCCC(=O)N(C1CC(=O)N(c2ccc(I)cc2)C1=O)C(C)c1ccccc1. The number of hydrogen-bond donors (Lipinski definition) is 0. The van der Waals surface area contributed by atoms with Gasteiger partial charge in [-0.2, -0.15) is 0 Å². The number of nitrogens with zero attached hydrogens (tertiary/aromatic N) is 2. The summed E-state index contributed by atoms with van der Waals surface area (Å²) in [6.07, 6.45) is 1.04. The molecule has 5 nitrogen and oxygen atoms in total. The summed E-state index contributed by atoms with van der Waals surface area (Å²) in [5.41, 5.74) is 1.49. The van der Waals surface area contributed by atoms with E-state index in [0.717, 1.165) is 9.13 Å². The molecule has 0 N–H and O–H groups in total. The first-order valence-corrected chi connectivity index (χ1v) is 10.5. The van der Waals surface area contributed by atoms with Gasteiger partial charge in [-0.3, -0.25) is 14.4 Å². The molecule has 2 atom stereocenters. The average Bonchev–Trinajstić information content (AvgIpc) is 2.98. The van der Waals surface area contributed by atoms with Crippen molar-refractivity contribution in [3.63, 3.8) is 0 Å². The Morgan fingerprint density at radius 3 is 2.39 bits per heavy atom. The Morgan fingerprint density at radius 1 is 1.14 bits per heavy atom. The molecule has 1 saturated heterocycles. The molecule has 0 saturated carbocycles. The zero-order chi connectivity index (χ0) is 20.3. The molecule has 1 fully saturated rings. The number of benzene rings is 2. The van der Waals surface area contributed by atoms with Crippen LogP contribution >= 0.6 is 22.6 Å². The van der Waals surface area contributed by atoms with Crippen molar-refractivity contribution in [2.24, 2.45) is 0 Å². The predicted molar refractivity (Wildman–Crippen MR) is 117 cm³/mol. The first-order valence-electron chi connectivity index (χ1n) is 9.42. The molecule has 0 aromatic heterocycles. The maximum Gasteiger partial charge on any atom is 0.257 e. The van der Waals surface area contributed by atoms with Crippen LogP contribution in [0.25, 0.3) is 0 Å². The molecule has 2 unspecified atom stereocenters. The molecule has 1 aliphatic rings. The van der Waals surface area contributed by atoms with Crippen molar-refractivity contribution < 1.29 is 14.4 Å². The van der Waals surface area contributed by atoms with E-state index in [9.17, 15) is 14.4 Å². The number of hydrogen-bond acceptors (Lipinski definition) is 3. The number of rotatable bonds is 6. The summed E-state index contributed by atoms with van der Waals surface area (Å²) in [4.78, 5) is 41.6. The van der Waals surface area contributed by atoms with E-state index in [1.165, 1.54) is 4.90 Å². The second-order valence-electron chi connectivity index (χ2n) is 6.90. The minimum Gasteiger partial charge on any atom is -0.323 e. The summed E-state index contributed by atoms with van der Waals surface area (Å²) in [7, 11) is 0. The van der Waals surface area contributed by atoms with Crippen molar-refractivity contribution in [1.82, 2.24) is 4.90 Å². The molecule has 28 heavy (non-hydrogen) atoms. The molecule has 0 radical (unpaired) electrons. The van der Waals surface area contributed by atoms with E-state index < -0.39 is 6.04 Å². The third-order valence-corrected chi connectivity index (χ3v) is 5.71. The van der Waals surface area contributed by atoms with Gasteiger partial charge in [-0.25, -0.2) is 4.90 Å². The Bertz CT molecular complexity index is 867. The van der Waals surface area contributed by atoms with Gasteiger partial charge in [-0.1, -0.05) is 37.3 Å². The van der Waals surface area contributed by atoms with Crippen molar-refractivity contribution in [2.75, 3.05) is 4.90 Å². The van der Waals surface area contributed by atoms with Crippen LogP contribution in [0.1, 0.15) is 44.7 Å². The molecule has 0 spiro atoms. The summed E-state index contributed by atoms with van der Waals surface area (Å²) in [5.74, 6) is -0.710. The first kappa shape index (κ1) is 20.5. The standard InChI is InChI=1S/C22H23IN2O3/c1-3-7-20(26)24(15(2)16-8-5-4-6-9-16)19-14-21(27)25(22(19)28)18-12-10-17(23)11-13-18/h4-6,8-13,15,19H,3,7,14H2,1-2H3. The van der Waals surface area contributed by atoms with Crippen molar-refractivity contribution in [1.29, 1.82) is 0 Å². The quantitative estimate of drug-likeness (QED) is 0.448. The number of carbonyl (C=O) groups excluding carboxylic acids is 3. The molecule has 3 rings (SSSR count). The van der Waals surface area contributed by atoms with Crippen LogP contribution < -0.4 is 4.90 Å². The molecule has 3 amide bonds. The smallest absolute Gasteiger partial charge is 0.257 e. The Morgan fingerprint density at radius 2 is 1.79 bits per heavy atom. The second-order valence-corrected chi connectivity index (χ2v) is 8.15. The van der Waals surface area contributed by atoms with Crippen LogP contribution in [0.15, 0.2) is 54.6 Å². The molecule has 0 bridgehead atoms. The molecule has 2 aromatic rings. The molecule has 1 aliphatic heterocycles. The fourth-order valence-corrected chi connectivity index (χ4v) is 3.95. The van der Waals surface area contributed by atoms with E-state index in [1.54, 1.807) is 17.0 Å². The molecule has 146 valence electrons. The van der Waals surface area contributed by atoms with Gasteiger partial charge < -0.3 is 4.90 Å². The van der Waals surface area contributed by atoms with E-state index in [0.29, 0.717) is 18.5 Å². The number of amides is 3. The van der Waals surface area contributed by atoms with Gasteiger partial charge in [0.05, 0.1) is 18.2 Å². The van der Waals surface area contributed by atoms with Crippen LogP contribution in [0.4, 0.5) is 5.69 Å². The zero-order valence-corrected chi connectivity index (χ0v) is 18.1. The fraction of sp³-hybridized carbons (Fsp3) is 0.318. The lowest BCUT2D eigenvalue weighted by atomic mass is 10.0. The highest BCUT2D eigenvalue weighted by atomic mass is 127. The Kier molecular flexibility index (Phi) is 6.49. The topological polar surface area (TPSA) is 57.7 Å². The van der Waals surface area contributed by atoms with Crippen LogP contribution in [0, 0.1) is 3.57 Å². The fourth-order valence-electron chi connectivity index (χ4n) is 3.59. The molecule has 6 heteroatoms. The molecular weight excluding hydrogens is 467 g/mol. The third-order valence-electron chi connectivity index (χ3n) is 4.99. The highest BCUT2D eigenvalue weighted by Crippen LogP contribution is 2.32. The van der Waals surface area contributed by atoms with Gasteiger partial charge in [0, 0.05) is 9.99 Å². The van der Waals surface area contributed by atoms with Crippen molar-refractivity contribution >= 4 is 46.0 Å². The molecule has 0 aliphatic carbocycles. The Labute approximate surface area is 178 Å². The van der Waals surface area contributed by atoms with Crippen LogP contribution in [0.5, 0.6) is 0 Å². The summed E-state index contributed by atoms with van der Waals surface area (Å²) < 4.78 is 1.02. The van der Waals surface area contributed by atoms with E-state index >= 15 is 0 Å². The average molecular weight is 490 g/mol.